The van der Waals surface area contributed by atoms with Crippen LogP contribution >= 0.6 is 12.0 Å². The van der Waals surface area contributed by atoms with Gasteiger partial charge in [-0.05, 0) is 12.0 Å². The summed E-state index contributed by atoms with van der Waals surface area (Å²) in [6, 6.07) is 0. The molecule has 42 valence electrons. The molecule has 3 heteroatoms. The number of hydrogen-bond donors (Lipinski definition) is 0. The first kappa shape index (κ1) is 5.38. The molecule has 0 heterocycles. The molecule has 0 aromatic heterocycles. The van der Waals surface area contributed by atoms with Crippen LogP contribution in [0, 0.1) is 0 Å². The summed E-state index contributed by atoms with van der Waals surface area (Å²) < 4.78 is 16.8. The normalized spacial score (nSPS) is 24.9. The lowest BCUT2D eigenvalue weighted by Gasteiger charge is -1.98. The predicted molar refractivity (Wildman–Crippen MR) is 27.7 cm³/mol. The Bertz CT molecular complexity index is 72.1. The lowest BCUT2D eigenvalue weighted by atomic mass is 10.8. The maximum atomic E-state index is 12.3. The summed E-state index contributed by atoms with van der Waals surface area (Å²) in [5.74, 6) is -1.24. The van der Waals surface area contributed by atoms with Gasteiger partial charge in [-0.15, -0.1) is 0 Å². The highest BCUT2D eigenvalue weighted by Gasteiger charge is 2.45. The van der Waals surface area contributed by atoms with Crippen molar-refractivity contribution in [3.63, 3.8) is 0 Å². The molecule has 1 aliphatic rings. The summed E-state index contributed by atoms with van der Waals surface area (Å²) >= 11 is 1.10. The van der Waals surface area contributed by atoms with Crippen molar-refractivity contribution in [3.8, 4) is 0 Å². The quantitative estimate of drug-likeness (QED) is 0.516. The molecule has 1 saturated carbocycles. The molecule has 1 aliphatic carbocycles. The van der Waals surface area contributed by atoms with Crippen LogP contribution in [0.2, 0.25) is 0 Å². The molecule has 0 unspecified atom stereocenters. The summed E-state index contributed by atoms with van der Waals surface area (Å²) in [4.78, 5) is 0. The Hall–Kier alpha value is 0.240. The number of rotatable bonds is 2. The predicted octanol–water partition coefficient (Wildman–Crippen LogP) is 1.74. The van der Waals surface area contributed by atoms with Gasteiger partial charge < -0.3 is 0 Å². The second-order valence-corrected chi connectivity index (χ2v) is 2.13. The van der Waals surface area contributed by atoms with Gasteiger partial charge in [0.1, 0.15) is 0 Å². The van der Waals surface area contributed by atoms with Gasteiger partial charge in [-0.1, -0.05) is 0 Å². The van der Waals surface area contributed by atoms with Gasteiger partial charge in [-0.3, -0.25) is 4.18 Å². The SMILES string of the molecule is CSOC1(F)CC1. The summed E-state index contributed by atoms with van der Waals surface area (Å²) in [5.41, 5.74) is 0. The average molecular weight is 122 g/mol. The molecule has 7 heavy (non-hydrogen) atoms. The molecule has 1 rings (SSSR count). The van der Waals surface area contributed by atoms with Crippen molar-refractivity contribution in [1.29, 1.82) is 0 Å². The van der Waals surface area contributed by atoms with Crippen LogP contribution in [0.1, 0.15) is 12.8 Å². The molecule has 0 N–H and O–H groups in total. The molecule has 0 bridgehead atoms. The Labute approximate surface area is 46.4 Å². The molecular formula is C4H7FOS. The zero-order valence-corrected chi connectivity index (χ0v) is 4.93. The second kappa shape index (κ2) is 1.63. The van der Waals surface area contributed by atoms with Gasteiger partial charge in [0.2, 0.25) is 5.85 Å². The van der Waals surface area contributed by atoms with Crippen molar-refractivity contribution < 1.29 is 8.57 Å². The van der Waals surface area contributed by atoms with Crippen molar-refractivity contribution >= 4 is 12.0 Å². The van der Waals surface area contributed by atoms with Crippen molar-refractivity contribution in [1.82, 2.24) is 0 Å². The largest absolute Gasteiger partial charge is 0.277 e. The van der Waals surface area contributed by atoms with Gasteiger partial charge in [-0.25, -0.2) is 4.39 Å². The van der Waals surface area contributed by atoms with E-state index < -0.39 is 5.85 Å². The van der Waals surface area contributed by atoms with Crippen LogP contribution in [0.4, 0.5) is 4.39 Å². The van der Waals surface area contributed by atoms with Crippen molar-refractivity contribution in [2.45, 2.75) is 18.7 Å². The first-order valence-corrected chi connectivity index (χ1v) is 3.32. The fourth-order valence-electron chi connectivity index (χ4n) is 0.331. The van der Waals surface area contributed by atoms with Gasteiger partial charge >= 0.3 is 0 Å². The van der Waals surface area contributed by atoms with Crippen LogP contribution in [0.3, 0.4) is 0 Å². The van der Waals surface area contributed by atoms with E-state index in [1.54, 1.807) is 6.26 Å². The van der Waals surface area contributed by atoms with E-state index in [4.69, 9.17) is 0 Å². The molecule has 0 aliphatic heterocycles. The number of hydrogen-bond acceptors (Lipinski definition) is 2. The van der Waals surface area contributed by atoms with Gasteiger partial charge in [0.15, 0.2) is 0 Å². The van der Waals surface area contributed by atoms with E-state index in [1.807, 2.05) is 0 Å². The lowest BCUT2D eigenvalue weighted by molar-refractivity contribution is 0.0632. The Morgan fingerprint density at radius 3 is 2.43 bits per heavy atom. The van der Waals surface area contributed by atoms with E-state index in [0.29, 0.717) is 12.8 Å². The molecule has 0 amide bonds. The third kappa shape index (κ3) is 1.31. The molecule has 0 atom stereocenters. The second-order valence-electron chi connectivity index (χ2n) is 1.63. The van der Waals surface area contributed by atoms with E-state index in [1.165, 1.54) is 0 Å². The Morgan fingerprint density at radius 1 is 1.71 bits per heavy atom. The van der Waals surface area contributed by atoms with Crippen molar-refractivity contribution in [2.24, 2.45) is 0 Å². The van der Waals surface area contributed by atoms with Gasteiger partial charge in [0.25, 0.3) is 0 Å². The highest BCUT2D eigenvalue weighted by Crippen LogP contribution is 2.43. The smallest absolute Gasteiger partial charge is 0.221 e. The van der Waals surface area contributed by atoms with Gasteiger partial charge in [-0.2, -0.15) is 0 Å². The molecule has 0 saturated heterocycles. The summed E-state index contributed by atoms with van der Waals surface area (Å²) in [5, 5.41) is 0. The van der Waals surface area contributed by atoms with Crippen LogP contribution in [0.5, 0.6) is 0 Å². The Kier molecular flexibility index (Phi) is 1.26. The first-order valence-electron chi connectivity index (χ1n) is 2.18. The summed E-state index contributed by atoms with van der Waals surface area (Å²) in [7, 11) is 0. The fourth-order valence-corrected chi connectivity index (χ4v) is 0.796. The van der Waals surface area contributed by atoms with Crippen molar-refractivity contribution in [2.75, 3.05) is 6.26 Å². The molecular weight excluding hydrogens is 115 g/mol. The zero-order chi connectivity index (χ0) is 5.33. The maximum Gasteiger partial charge on any atom is 0.221 e. The van der Waals surface area contributed by atoms with Crippen LogP contribution in [0.15, 0.2) is 0 Å². The standard InChI is InChI=1S/C4H7FOS/c1-7-6-4(5)2-3-4/h2-3H2,1H3. The number of alkyl halides is 1. The molecule has 0 aromatic rings. The molecule has 1 nitrogen and oxygen atoms in total. The highest BCUT2D eigenvalue weighted by molar-refractivity contribution is 7.93. The number of halogens is 1. The minimum absolute atomic E-state index is 0.577. The topological polar surface area (TPSA) is 9.23 Å². The Balaban J connectivity index is 2.13. The molecule has 1 fully saturated rings. The van der Waals surface area contributed by atoms with E-state index in [9.17, 15) is 4.39 Å². The van der Waals surface area contributed by atoms with Crippen LogP contribution in [0.25, 0.3) is 0 Å². The molecule has 0 aromatic carbocycles. The van der Waals surface area contributed by atoms with Crippen LogP contribution < -0.4 is 0 Å². The zero-order valence-electron chi connectivity index (χ0n) is 4.11. The molecule has 0 radical (unpaired) electrons. The minimum atomic E-state index is -1.24. The molecule has 0 spiro atoms. The van der Waals surface area contributed by atoms with E-state index >= 15 is 0 Å². The summed E-state index contributed by atoms with van der Waals surface area (Å²) in [6.07, 6.45) is 2.88. The van der Waals surface area contributed by atoms with Gasteiger partial charge in [0.05, 0.1) is 0 Å². The van der Waals surface area contributed by atoms with E-state index in [0.717, 1.165) is 12.0 Å². The van der Waals surface area contributed by atoms with E-state index in [2.05, 4.69) is 4.18 Å². The first-order chi connectivity index (χ1) is 3.27. The highest BCUT2D eigenvalue weighted by atomic mass is 32.2. The average Bonchev–Trinajstić information content (AvgIpc) is 2.22. The minimum Gasteiger partial charge on any atom is -0.277 e. The summed E-state index contributed by atoms with van der Waals surface area (Å²) in [6.45, 7) is 0. The van der Waals surface area contributed by atoms with Crippen LogP contribution in [-0.2, 0) is 4.18 Å². The lowest BCUT2D eigenvalue weighted by Crippen LogP contribution is -1.97. The van der Waals surface area contributed by atoms with E-state index in [-0.39, 0.29) is 0 Å². The fraction of sp³-hybridized carbons (Fsp3) is 1.00. The third-order valence-electron chi connectivity index (χ3n) is 0.876. The maximum absolute atomic E-state index is 12.3. The van der Waals surface area contributed by atoms with Crippen molar-refractivity contribution in [3.05, 3.63) is 0 Å². The van der Waals surface area contributed by atoms with Crippen LogP contribution in [-0.4, -0.2) is 12.1 Å². The Morgan fingerprint density at radius 2 is 2.29 bits per heavy atom. The monoisotopic (exact) mass is 122 g/mol. The third-order valence-corrected chi connectivity index (χ3v) is 1.34. The van der Waals surface area contributed by atoms with Gasteiger partial charge in [0, 0.05) is 19.1 Å².